The van der Waals surface area contributed by atoms with Gasteiger partial charge in [0.25, 0.3) is 0 Å². The van der Waals surface area contributed by atoms with Crippen molar-refractivity contribution in [3.8, 4) is 0 Å². The third-order valence-electron chi connectivity index (χ3n) is 5.43. The van der Waals surface area contributed by atoms with Gasteiger partial charge in [0.15, 0.2) is 0 Å². The largest absolute Gasteiger partial charge is 0.379 e. The van der Waals surface area contributed by atoms with E-state index in [1.807, 2.05) is 11.3 Å². The molecular formula is C18H28N2OS. The predicted molar refractivity (Wildman–Crippen MR) is 91.2 cm³/mol. The average Bonchev–Trinajstić information content (AvgIpc) is 3.22. The summed E-state index contributed by atoms with van der Waals surface area (Å²) in [5.41, 5.74) is 0.376. The number of piperidine rings is 1. The third-order valence-corrected chi connectivity index (χ3v) is 6.29. The van der Waals surface area contributed by atoms with E-state index < -0.39 is 0 Å². The summed E-state index contributed by atoms with van der Waals surface area (Å²) in [7, 11) is 0. The molecule has 3 aliphatic rings. The van der Waals surface area contributed by atoms with Gasteiger partial charge in [0.05, 0.1) is 13.2 Å². The van der Waals surface area contributed by atoms with Crippen LogP contribution in [0.2, 0.25) is 0 Å². The van der Waals surface area contributed by atoms with Crippen molar-refractivity contribution in [2.45, 2.75) is 32.2 Å². The molecule has 122 valence electrons. The topological polar surface area (TPSA) is 15.7 Å². The van der Waals surface area contributed by atoms with Crippen molar-refractivity contribution in [1.29, 1.82) is 0 Å². The van der Waals surface area contributed by atoms with Crippen LogP contribution in [-0.2, 0) is 11.3 Å². The number of hydrogen-bond acceptors (Lipinski definition) is 4. The van der Waals surface area contributed by atoms with Crippen LogP contribution in [0.1, 0.15) is 30.6 Å². The van der Waals surface area contributed by atoms with Gasteiger partial charge in [-0.15, -0.1) is 11.3 Å². The predicted octanol–water partition coefficient (Wildman–Crippen LogP) is 3.07. The molecule has 1 aromatic heterocycles. The van der Waals surface area contributed by atoms with Crippen LogP contribution in [0, 0.1) is 11.3 Å². The van der Waals surface area contributed by atoms with Crippen LogP contribution in [0.5, 0.6) is 0 Å². The Morgan fingerprint density at radius 1 is 1.23 bits per heavy atom. The van der Waals surface area contributed by atoms with Gasteiger partial charge >= 0.3 is 0 Å². The van der Waals surface area contributed by atoms with Crippen LogP contribution in [0.25, 0.3) is 0 Å². The van der Waals surface area contributed by atoms with Crippen molar-refractivity contribution in [2.24, 2.45) is 11.3 Å². The second-order valence-electron chi connectivity index (χ2n) is 7.62. The van der Waals surface area contributed by atoms with Gasteiger partial charge in [-0.05, 0) is 49.6 Å². The number of likely N-dealkylation sites (tertiary alicyclic amines) is 1. The summed E-state index contributed by atoms with van der Waals surface area (Å²) < 4.78 is 6.04. The van der Waals surface area contributed by atoms with E-state index in [4.69, 9.17) is 4.74 Å². The second kappa shape index (κ2) is 6.60. The first-order valence-corrected chi connectivity index (χ1v) is 9.74. The molecule has 4 rings (SSSR count). The zero-order valence-electron chi connectivity index (χ0n) is 13.5. The van der Waals surface area contributed by atoms with Crippen molar-refractivity contribution in [3.63, 3.8) is 0 Å². The van der Waals surface area contributed by atoms with Gasteiger partial charge in [-0.3, -0.25) is 4.90 Å². The van der Waals surface area contributed by atoms with Crippen LogP contribution in [0.3, 0.4) is 0 Å². The van der Waals surface area contributed by atoms with Crippen LogP contribution in [0.15, 0.2) is 17.5 Å². The molecule has 2 saturated heterocycles. The lowest BCUT2D eigenvalue weighted by Crippen LogP contribution is -2.50. The third kappa shape index (κ3) is 3.73. The zero-order valence-corrected chi connectivity index (χ0v) is 14.3. The summed E-state index contributed by atoms with van der Waals surface area (Å²) in [6, 6.07) is 4.45. The first kappa shape index (κ1) is 15.1. The van der Waals surface area contributed by atoms with E-state index in [2.05, 4.69) is 27.3 Å². The minimum Gasteiger partial charge on any atom is -0.379 e. The molecule has 1 atom stereocenters. The van der Waals surface area contributed by atoms with Gasteiger partial charge < -0.3 is 9.64 Å². The molecule has 0 N–H and O–H groups in total. The van der Waals surface area contributed by atoms with Crippen LogP contribution in [0.4, 0.5) is 0 Å². The molecule has 3 fully saturated rings. The number of thiophene rings is 1. The lowest BCUT2D eigenvalue weighted by molar-refractivity contribution is 0.00305. The zero-order chi connectivity index (χ0) is 14.8. The minimum absolute atomic E-state index is 0.376. The van der Waals surface area contributed by atoms with E-state index in [1.165, 1.54) is 56.7 Å². The molecule has 22 heavy (non-hydrogen) atoms. The maximum absolute atomic E-state index is 6.04. The molecule has 1 saturated carbocycles. The summed E-state index contributed by atoms with van der Waals surface area (Å²) in [6.45, 7) is 9.20. The molecule has 3 heterocycles. The van der Waals surface area contributed by atoms with Gasteiger partial charge in [-0.25, -0.2) is 0 Å². The Kier molecular flexibility index (Phi) is 4.54. The molecule has 0 radical (unpaired) electrons. The molecule has 4 heteroatoms. The minimum atomic E-state index is 0.376. The summed E-state index contributed by atoms with van der Waals surface area (Å²) in [5.74, 6) is 0.987. The van der Waals surface area contributed by atoms with Crippen molar-refractivity contribution in [2.75, 3.05) is 45.9 Å². The van der Waals surface area contributed by atoms with E-state index in [1.54, 1.807) is 0 Å². The molecule has 0 bridgehead atoms. The SMILES string of the molecule is c1csc(CN2CCC[C@]3(COCCN(CC4CC4)C3)C2)c1. The van der Waals surface area contributed by atoms with E-state index in [9.17, 15) is 0 Å². The Bertz CT molecular complexity index is 473. The van der Waals surface area contributed by atoms with Gasteiger partial charge in [-0.1, -0.05) is 6.07 Å². The molecular weight excluding hydrogens is 292 g/mol. The van der Waals surface area contributed by atoms with Crippen molar-refractivity contribution in [3.05, 3.63) is 22.4 Å². The number of rotatable bonds is 4. The first-order chi connectivity index (χ1) is 10.8. The smallest absolute Gasteiger partial charge is 0.0593 e. The van der Waals surface area contributed by atoms with Gasteiger partial charge in [0.2, 0.25) is 0 Å². The quantitative estimate of drug-likeness (QED) is 0.848. The fourth-order valence-electron chi connectivity index (χ4n) is 4.22. The highest BCUT2D eigenvalue weighted by atomic mass is 32.1. The molecule has 1 aliphatic carbocycles. The Hall–Kier alpha value is -0.420. The Morgan fingerprint density at radius 2 is 2.14 bits per heavy atom. The van der Waals surface area contributed by atoms with E-state index in [0.717, 1.165) is 32.2 Å². The Morgan fingerprint density at radius 3 is 2.95 bits per heavy atom. The molecule has 2 aliphatic heterocycles. The molecule has 1 aromatic rings. The van der Waals surface area contributed by atoms with Crippen LogP contribution in [-0.4, -0.2) is 55.7 Å². The van der Waals surface area contributed by atoms with Crippen LogP contribution >= 0.6 is 11.3 Å². The Balaban J connectivity index is 1.41. The summed E-state index contributed by atoms with van der Waals surface area (Å²) in [5, 5.41) is 2.20. The van der Waals surface area contributed by atoms with Crippen molar-refractivity contribution < 1.29 is 4.74 Å². The molecule has 0 amide bonds. The number of ether oxygens (including phenoxy) is 1. The monoisotopic (exact) mass is 320 g/mol. The van der Waals surface area contributed by atoms with Crippen molar-refractivity contribution in [1.82, 2.24) is 9.80 Å². The lowest BCUT2D eigenvalue weighted by Gasteiger charge is -2.43. The molecule has 0 aromatic carbocycles. The molecule has 3 nitrogen and oxygen atoms in total. The van der Waals surface area contributed by atoms with Gasteiger partial charge in [-0.2, -0.15) is 0 Å². The number of nitrogens with zero attached hydrogens (tertiary/aromatic N) is 2. The van der Waals surface area contributed by atoms with Crippen LogP contribution < -0.4 is 0 Å². The standard InChI is InChI=1S/C18H28N2OS/c1-3-17(22-10-1)12-19-7-2-6-18(13-19)14-20(8-9-21-15-18)11-16-4-5-16/h1,3,10,16H,2,4-9,11-15H2/t18-/m0/s1. The highest BCUT2D eigenvalue weighted by molar-refractivity contribution is 7.09. The highest BCUT2D eigenvalue weighted by Gasteiger charge is 2.39. The van der Waals surface area contributed by atoms with E-state index in [0.29, 0.717) is 5.41 Å². The van der Waals surface area contributed by atoms with E-state index >= 15 is 0 Å². The Labute approximate surface area is 138 Å². The molecule has 1 spiro atoms. The van der Waals surface area contributed by atoms with Gasteiger partial charge in [0.1, 0.15) is 0 Å². The number of hydrogen-bond donors (Lipinski definition) is 0. The first-order valence-electron chi connectivity index (χ1n) is 8.86. The fourth-order valence-corrected chi connectivity index (χ4v) is 4.96. The van der Waals surface area contributed by atoms with E-state index in [-0.39, 0.29) is 0 Å². The summed E-state index contributed by atoms with van der Waals surface area (Å²) in [6.07, 6.45) is 5.57. The molecule has 0 unspecified atom stereocenters. The maximum atomic E-state index is 6.04. The fraction of sp³-hybridized carbons (Fsp3) is 0.778. The summed E-state index contributed by atoms with van der Waals surface area (Å²) in [4.78, 5) is 6.87. The lowest BCUT2D eigenvalue weighted by atomic mass is 9.80. The van der Waals surface area contributed by atoms with Gasteiger partial charge in [0, 0.05) is 43.0 Å². The summed E-state index contributed by atoms with van der Waals surface area (Å²) >= 11 is 1.89. The average molecular weight is 321 g/mol. The second-order valence-corrected chi connectivity index (χ2v) is 8.66. The maximum Gasteiger partial charge on any atom is 0.0593 e. The normalized spacial score (nSPS) is 31.5. The van der Waals surface area contributed by atoms with Crippen molar-refractivity contribution >= 4 is 11.3 Å². The highest BCUT2D eigenvalue weighted by Crippen LogP contribution is 2.36.